The molecule has 0 aliphatic rings. The van der Waals surface area contributed by atoms with Crippen LogP contribution in [0.5, 0.6) is 0 Å². The first-order valence-electron chi connectivity index (χ1n) is 33.6. The molecule has 3 N–H and O–H groups in total. The summed E-state index contributed by atoms with van der Waals surface area (Å²) in [6.45, 7) is 4.85. The van der Waals surface area contributed by atoms with Crippen molar-refractivity contribution in [2.75, 3.05) is 13.2 Å². The van der Waals surface area contributed by atoms with Crippen LogP contribution in [0.1, 0.15) is 348 Å². The van der Waals surface area contributed by atoms with Crippen molar-refractivity contribution in [3.63, 3.8) is 0 Å². The molecule has 444 valence electrons. The van der Waals surface area contributed by atoms with Crippen molar-refractivity contribution in [1.82, 2.24) is 5.32 Å². The van der Waals surface area contributed by atoms with Gasteiger partial charge in [0.15, 0.2) is 0 Å². The van der Waals surface area contributed by atoms with Crippen LogP contribution in [0.15, 0.2) is 60.8 Å². The van der Waals surface area contributed by atoms with Crippen LogP contribution in [0.25, 0.3) is 0 Å². The van der Waals surface area contributed by atoms with Crippen LogP contribution in [0.2, 0.25) is 0 Å². The molecule has 0 aliphatic heterocycles. The van der Waals surface area contributed by atoms with Crippen LogP contribution in [0.3, 0.4) is 0 Å². The minimum absolute atomic E-state index is 0.00139. The van der Waals surface area contributed by atoms with Gasteiger partial charge in [0.1, 0.15) is 0 Å². The van der Waals surface area contributed by atoms with E-state index in [1.54, 1.807) is 6.08 Å². The Morgan fingerprint density at radius 2 is 0.671 bits per heavy atom. The van der Waals surface area contributed by atoms with Crippen molar-refractivity contribution >= 4 is 11.9 Å². The second-order valence-corrected chi connectivity index (χ2v) is 22.8. The summed E-state index contributed by atoms with van der Waals surface area (Å²) in [4.78, 5) is 24.5. The van der Waals surface area contributed by atoms with E-state index in [4.69, 9.17) is 4.74 Å². The van der Waals surface area contributed by atoms with Crippen molar-refractivity contribution in [2.24, 2.45) is 0 Å². The van der Waals surface area contributed by atoms with E-state index in [0.717, 1.165) is 57.8 Å². The molecule has 0 heterocycles. The summed E-state index contributed by atoms with van der Waals surface area (Å²) in [5.41, 5.74) is 0. The number of aliphatic hydroxyl groups is 2. The van der Waals surface area contributed by atoms with Crippen LogP contribution in [0, 0.1) is 0 Å². The van der Waals surface area contributed by atoms with E-state index in [9.17, 15) is 19.8 Å². The Kier molecular flexibility index (Phi) is 63.0. The Hall–Kier alpha value is -2.44. The summed E-state index contributed by atoms with van der Waals surface area (Å²) in [6.07, 6.45) is 85.9. The maximum Gasteiger partial charge on any atom is 0.305 e. The molecule has 0 aromatic heterocycles. The van der Waals surface area contributed by atoms with Gasteiger partial charge in [-0.05, 0) is 89.9 Å². The smallest absolute Gasteiger partial charge is 0.305 e. The average Bonchev–Trinajstić information content (AvgIpc) is 3.42. The van der Waals surface area contributed by atoms with Crippen LogP contribution in [-0.4, -0.2) is 47.4 Å². The molecule has 0 bridgehead atoms. The Morgan fingerprint density at radius 3 is 1.04 bits per heavy atom. The minimum Gasteiger partial charge on any atom is -0.466 e. The summed E-state index contributed by atoms with van der Waals surface area (Å²) < 4.78 is 5.48. The zero-order valence-corrected chi connectivity index (χ0v) is 50.7. The van der Waals surface area contributed by atoms with Gasteiger partial charge in [-0.1, -0.05) is 306 Å². The summed E-state index contributed by atoms with van der Waals surface area (Å²) in [6, 6.07) is -0.625. The molecule has 6 heteroatoms. The average molecular weight is 1060 g/mol. The molecular formula is C70H129NO5. The number of allylic oxidation sites excluding steroid dienone is 9. The first kappa shape index (κ1) is 73.6. The molecule has 0 aromatic carbocycles. The molecule has 76 heavy (non-hydrogen) atoms. The molecule has 0 spiro atoms. The van der Waals surface area contributed by atoms with Gasteiger partial charge in [-0.15, -0.1) is 0 Å². The largest absolute Gasteiger partial charge is 0.466 e. The number of esters is 1. The topological polar surface area (TPSA) is 95.9 Å². The lowest BCUT2D eigenvalue weighted by Crippen LogP contribution is -2.45. The Bertz CT molecular complexity index is 1320. The van der Waals surface area contributed by atoms with Gasteiger partial charge in [0.2, 0.25) is 5.91 Å². The van der Waals surface area contributed by atoms with Crippen molar-refractivity contribution in [2.45, 2.75) is 360 Å². The van der Waals surface area contributed by atoms with Crippen molar-refractivity contribution in [1.29, 1.82) is 0 Å². The number of carbonyl (C=O) groups is 2. The summed E-state index contributed by atoms with van der Waals surface area (Å²) in [5.74, 6) is -0.0659. The highest BCUT2D eigenvalue weighted by Crippen LogP contribution is 2.17. The lowest BCUT2D eigenvalue weighted by Gasteiger charge is -2.20. The lowest BCUT2D eigenvalue weighted by molar-refractivity contribution is -0.143. The van der Waals surface area contributed by atoms with Gasteiger partial charge in [0.25, 0.3) is 0 Å². The van der Waals surface area contributed by atoms with E-state index in [1.807, 2.05) is 6.08 Å². The second-order valence-electron chi connectivity index (χ2n) is 22.8. The van der Waals surface area contributed by atoms with Gasteiger partial charge in [-0.2, -0.15) is 0 Å². The lowest BCUT2D eigenvalue weighted by atomic mass is 10.0. The van der Waals surface area contributed by atoms with E-state index in [1.165, 1.54) is 263 Å². The first-order valence-corrected chi connectivity index (χ1v) is 33.6. The number of ether oxygens (including phenoxy) is 1. The SMILES string of the molecule is CCCC/C=C\C/C=C\CCCCCCCC(=O)OCCCCCCCCCCCCC/C=C\C/C=C\CCCCCCCCCCCCCCCCCCCC(=O)NC(CO)C(O)/C=C/CCCCCCCCCC. The van der Waals surface area contributed by atoms with Crippen LogP contribution >= 0.6 is 0 Å². The molecule has 2 atom stereocenters. The molecular weight excluding hydrogens is 935 g/mol. The monoisotopic (exact) mass is 1060 g/mol. The fourth-order valence-corrected chi connectivity index (χ4v) is 10.1. The van der Waals surface area contributed by atoms with Crippen LogP contribution < -0.4 is 5.32 Å². The van der Waals surface area contributed by atoms with Gasteiger partial charge >= 0.3 is 5.97 Å². The molecule has 0 radical (unpaired) electrons. The molecule has 0 aromatic rings. The van der Waals surface area contributed by atoms with Crippen molar-refractivity contribution in [3.05, 3.63) is 60.8 Å². The fourth-order valence-electron chi connectivity index (χ4n) is 10.1. The van der Waals surface area contributed by atoms with Crippen molar-refractivity contribution in [3.8, 4) is 0 Å². The maximum atomic E-state index is 12.4. The predicted molar refractivity (Wildman–Crippen MR) is 333 cm³/mol. The van der Waals surface area contributed by atoms with E-state index in [2.05, 4.69) is 67.8 Å². The van der Waals surface area contributed by atoms with E-state index in [0.29, 0.717) is 19.4 Å². The standard InChI is InChI=1S/C70H129NO5/c1-3-5-7-9-11-13-15-16-41-44-48-52-56-60-64-70(75)76-65-61-57-53-49-45-42-39-37-35-33-31-29-27-25-23-21-19-17-18-20-22-24-26-28-30-32-34-36-38-40-43-47-51-55-59-63-69(74)71-67(66-72)68(73)62-58-54-50-46-14-12-10-8-6-4-2/h9,11,15-16,19,21,25,27,58,62,67-68,72-73H,3-8,10,12-14,17-18,20,22-24,26,28-57,59-61,63-66H2,1-2H3,(H,71,74)/b11-9-,16-15-,21-19-,27-25-,62-58+. The number of aliphatic hydroxyl groups excluding tert-OH is 2. The third-order valence-electron chi connectivity index (χ3n) is 15.3. The van der Waals surface area contributed by atoms with Gasteiger partial charge in [-0.25, -0.2) is 0 Å². The van der Waals surface area contributed by atoms with E-state index in [-0.39, 0.29) is 18.5 Å². The number of amides is 1. The van der Waals surface area contributed by atoms with Gasteiger partial charge in [-0.3, -0.25) is 9.59 Å². The first-order chi connectivity index (χ1) is 37.5. The van der Waals surface area contributed by atoms with Gasteiger partial charge in [0.05, 0.1) is 25.4 Å². The highest BCUT2D eigenvalue weighted by Gasteiger charge is 2.18. The molecule has 0 aliphatic carbocycles. The third kappa shape index (κ3) is 60.8. The number of hydrogen-bond donors (Lipinski definition) is 3. The summed E-state index contributed by atoms with van der Waals surface area (Å²) >= 11 is 0. The number of rotatable bonds is 62. The quantitative estimate of drug-likeness (QED) is 0.0320. The molecule has 1 amide bonds. The molecule has 6 nitrogen and oxygen atoms in total. The number of nitrogens with one attached hydrogen (secondary N) is 1. The fraction of sp³-hybridized carbons (Fsp3) is 0.829. The zero-order chi connectivity index (χ0) is 55.0. The minimum atomic E-state index is -0.841. The Labute approximate surface area is 473 Å². The molecule has 0 rings (SSSR count). The predicted octanol–water partition coefficient (Wildman–Crippen LogP) is 21.5. The summed E-state index contributed by atoms with van der Waals surface area (Å²) in [7, 11) is 0. The second kappa shape index (κ2) is 65.1. The Balaban J connectivity index is 3.37. The van der Waals surface area contributed by atoms with E-state index >= 15 is 0 Å². The number of unbranched alkanes of at least 4 members (excludes halogenated alkanes) is 43. The molecule has 2 unspecified atom stereocenters. The highest BCUT2D eigenvalue weighted by atomic mass is 16.5. The van der Waals surface area contributed by atoms with E-state index < -0.39 is 12.1 Å². The number of hydrogen-bond acceptors (Lipinski definition) is 5. The van der Waals surface area contributed by atoms with Gasteiger partial charge in [0, 0.05) is 12.8 Å². The molecule has 0 saturated heterocycles. The Morgan fingerprint density at radius 1 is 0.368 bits per heavy atom. The summed E-state index contributed by atoms with van der Waals surface area (Å²) in [5, 5.41) is 23.0. The van der Waals surface area contributed by atoms with Gasteiger partial charge < -0.3 is 20.3 Å². The highest BCUT2D eigenvalue weighted by molar-refractivity contribution is 5.76. The normalized spacial score (nSPS) is 12.9. The third-order valence-corrected chi connectivity index (χ3v) is 15.3. The number of carbonyl (C=O) groups excluding carboxylic acids is 2. The zero-order valence-electron chi connectivity index (χ0n) is 50.7. The molecule has 0 fully saturated rings. The van der Waals surface area contributed by atoms with Crippen molar-refractivity contribution < 1.29 is 24.5 Å². The molecule has 0 saturated carbocycles. The van der Waals surface area contributed by atoms with Crippen LogP contribution in [0.4, 0.5) is 0 Å². The maximum absolute atomic E-state index is 12.4. The van der Waals surface area contributed by atoms with Crippen LogP contribution in [-0.2, 0) is 14.3 Å².